The number of halogens is 1. The van der Waals surface area contributed by atoms with Gasteiger partial charge in [-0.05, 0) is 66.1 Å². The summed E-state index contributed by atoms with van der Waals surface area (Å²) in [6.07, 6.45) is 6.49. The summed E-state index contributed by atoms with van der Waals surface area (Å²) in [6, 6.07) is 23.5. The lowest BCUT2D eigenvalue weighted by Crippen LogP contribution is -2.31. The number of nitrogens with one attached hydrogen (secondary N) is 1. The summed E-state index contributed by atoms with van der Waals surface area (Å²) in [7, 11) is 0. The Balaban J connectivity index is 1.29. The molecular formula is C28H27FN2O. The number of hydrogen-bond acceptors (Lipinski definition) is 1. The highest BCUT2D eigenvalue weighted by atomic mass is 19.1. The van der Waals surface area contributed by atoms with Gasteiger partial charge in [0.05, 0.1) is 6.04 Å². The van der Waals surface area contributed by atoms with Crippen LogP contribution in [0.15, 0.2) is 79.0 Å². The number of benzene rings is 3. The SMILES string of the molecule is O=C(CCc1cn(Cc2ccc(F)cc2)c2ccccc12)N[C@H]1CCCc2ccccc21. The molecule has 0 fully saturated rings. The van der Waals surface area contributed by atoms with Gasteiger partial charge in [-0.1, -0.05) is 54.6 Å². The lowest BCUT2D eigenvalue weighted by molar-refractivity contribution is -0.121. The fourth-order valence-electron chi connectivity index (χ4n) is 4.86. The first-order valence-electron chi connectivity index (χ1n) is 11.4. The number of aromatic nitrogens is 1. The van der Waals surface area contributed by atoms with Gasteiger partial charge in [-0.2, -0.15) is 0 Å². The number of para-hydroxylation sites is 1. The summed E-state index contributed by atoms with van der Waals surface area (Å²) in [5.74, 6) is -0.125. The Kier molecular flexibility index (Phi) is 5.76. The van der Waals surface area contributed by atoms with Gasteiger partial charge >= 0.3 is 0 Å². The lowest BCUT2D eigenvalue weighted by atomic mass is 9.87. The fourth-order valence-corrected chi connectivity index (χ4v) is 4.86. The predicted molar refractivity (Wildman–Crippen MR) is 126 cm³/mol. The predicted octanol–water partition coefficient (Wildman–Crippen LogP) is 5.96. The Morgan fingerprint density at radius 3 is 2.66 bits per heavy atom. The van der Waals surface area contributed by atoms with E-state index in [0.29, 0.717) is 19.4 Å². The minimum atomic E-state index is -0.224. The van der Waals surface area contributed by atoms with E-state index >= 15 is 0 Å². The Bertz CT molecular complexity index is 1240. The van der Waals surface area contributed by atoms with Gasteiger partial charge in [0.2, 0.25) is 5.91 Å². The molecule has 1 aliphatic carbocycles. The maximum absolute atomic E-state index is 13.3. The molecule has 1 aliphatic rings. The number of rotatable bonds is 6. The van der Waals surface area contributed by atoms with Gasteiger partial charge in [0.1, 0.15) is 5.82 Å². The van der Waals surface area contributed by atoms with Gasteiger partial charge in [-0.3, -0.25) is 4.79 Å². The molecular weight excluding hydrogens is 399 g/mol. The molecule has 1 atom stereocenters. The van der Waals surface area contributed by atoms with Crippen molar-refractivity contribution in [3.05, 3.63) is 107 Å². The summed E-state index contributed by atoms with van der Waals surface area (Å²) in [6.45, 7) is 0.672. The van der Waals surface area contributed by atoms with E-state index in [9.17, 15) is 9.18 Å². The zero-order valence-corrected chi connectivity index (χ0v) is 18.1. The van der Waals surface area contributed by atoms with Crippen molar-refractivity contribution in [2.45, 2.75) is 44.7 Å². The molecule has 1 heterocycles. The summed E-state index contributed by atoms with van der Waals surface area (Å²) < 4.78 is 15.5. The average Bonchev–Trinajstić information content (AvgIpc) is 3.17. The number of aryl methyl sites for hydroxylation is 2. The Morgan fingerprint density at radius 2 is 1.78 bits per heavy atom. The summed E-state index contributed by atoms with van der Waals surface area (Å²) >= 11 is 0. The number of nitrogens with zero attached hydrogens (tertiary/aromatic N) is 1. The van der Waals surface area contributed by atoms with Crippen LogP contribution in [0.2, 0.25) is 0 Å². The number of carbonyl (C=O) groups excluding carboxylic acids is 1. The van der Waals surface area contributed by atoms with Crippen LogP contribution in [0.4, 0.5) is 4.39 Å². The van der Waals surface area contributed by atoms with Crippen LogP contribution >= 0.6 is 0 Å². The van der Waals surface area contributed by atoms with Crippen LogP contribution in [-0.4, -0.2) is 10.5 Å². The van der Waals surface area contributed by atoms with Gasteiger partial charge in [-0.25, -0.2) is 4.39 Å². The molecule has 5 rings (SSSR count). The fraction of sp³-hybridized carbons (Fsp3) is 0.250. The second kappa shape index (κ2) is 8.99. The molecule has 162 valence electrons. The third-order valence-electron chi connectivity index (χ3n) is 6.46. The van der Waals surface area contributed by atoms with Crippen molar-refractivity contribution in [3.63, 3.8) is 0 Å². The zero-order chi connectivity index (χ0) is 21.9. The quantitative estimate of drug-likeness (QED) is 0.406. The van der Waals surface area contributed by atoms with Crippen molar-refractivity contribution < 1.29 is 9.18 Å². The minimum Gasteiger partial charge on any atom is -0.349 e. The number of fused-ring (bicyclic) bond motifs is 2. The van der Waals surface area contributed by atoms with Crippen LogP contribution < -0.4 is 5.32 Å². The van der Waals surface area contributed by atoms with E-state index in [2.05, 4.69) is 52.5 Å². The molecule has 3 aromatic carbocycles. The molecule has 0 spiro atoms. The first-order chi connectivity index (χ1) is 15.7. The number of amides is 1. The average molecular weight is 427 g/mol. The zero-order valence-electron chi connectivity index (χ0n) is 18.1. The van der Waals surface area contributed by atoms with Crippen molar-refractivity contribution >= 4 is 16.8 Å². The van der Waals surface area contributed by atoms with Crippen molar-refractivity contribution in [1.82, 2.24) is 9.88 Å². The molecule has 4 aromatic rings. The van der Waals surface area contributed by atoms with Gasteiger partial charge < -0.3 is 9.88 Å². The number of carbonyl (C=O) groups is 1. The third-order valence-corrected chi connectivity index (χ3v) is 6.46. The normalized spacial score (nSPS) is 15.5. The first-order valence-corrected chi connectivity index (χ1v) is 11.4. The van der Waals surface area contributed by atoms with Crippen LogP contribution in [0.25, 0.3) is 10.9 Å². The molecule has 3 nitrogen and oxygen atoms in total. The Morgan fingerprint density at radius 1 is 1.00 bits per heavy atom. The highest BCUT2D eigenvalue weighted by Crippen LogP contribution is 2.30. The van der Waals surface area contributed by atoms with Crippen LogP contribution in [0.3, 0.4) is 0 Å². The standard InChI is InChI=1S/C28H27FN2O/c29-23-15-12-20(13-16-23)18-31-19-22(25-9-3-4-11-27(25)31)14-17-28(32)30-26-10-5-7-21-6-1-2-8-24(21)26/h1-4,6,8-9,11-13,15-16,19,26H,5,7,10,14,17-18H2,(H,30,32)/t26-/m0/s1. The van der Waals surface area contributed by atoms with Gasteiger partial charge in [0, 0.05) is 30.1 Å². The molecule has 1 aromatic heterocycles. The molecule has 0 unspecified atom stereocenters. The number of hydrogen-bond donors (Lipinski definition) is 1. The van der Waals surface area contributed by atoms with Crippen LogP contribution in [0.5, 0.6) is 0 Å². The molecule has 0 radical (unpaired) electrons. The highest BCUT2D eigenvalue weighted by Gasteiger charge is 2.21. The van der Waals surface area contributed by atoms with Crippen LogP contribution in [0, 0.1) is 5.82 Å². The summed E-state index contributed by atoms with van der Waals surface area (Å²) in [5, 5.41) is 4.44. The minimum absolute atomic E-state index is 0.0991. The van der Waals surface area contributed by atoms with Gasteiger partial charge in [0.15, 0.2) is 0 Å². The molecule has 0 aliphatic heterocycles. The van der Waals surface area contributed by atoms with E-state index in [1.54, 1.807) is 0 Å². The molecule has 32 heavy (non-hydrogen) atoms. The smallest absolute Gasteiger partial charge is 0.220 e. The van der Waals surface area contributed by atoms with Crippen LogP contribution in [-0.2, 0) is 24.2 Å². The largest absolute Gasteiger partial charge is 0.349 e. The highest BCUT2D eigenvalue weighted by molar-refractivity contribution is 5.85. The van der Waals surface area contributed by atoms with E-state index in [1.807, 2.05) is 24.3 Å². The van der Waals surface area contributed by atoms with Crippen molar-refractivity contribution in [2.75, 3.05) is 0 Å². The maximum atomic E-state index is 13.3. The monoisotopic (exact) mass is 426 g/mol. The lowest BCUT2D eigenvalue weighted by Gasteiger charge is -2.26. The first kappa shape index (κ1) is 20.5. The van der Waals surface area contributed by atoms with E-state index in [1.165, 1.54) is 34.2 Å². The van der Waals surface area contributed by atoms with Gasteiger partial charge in [0.25, 0.3) is 0 Å². The van der Waals surface area contributed by atoms with Gasteiger partial charge in [-0.15, -0.1) is 0 Å². The van der Waals surface area contributed by atoms with E-state index < -0.39 is 0 Å². The Labute approximate surface area is 187 Å². The third kappa shape index (κ3) is 4.31. The summed E-state index contributed by atoms with van der Waals surface area (Å²) in [4.78, 5) is 12.8. The van der Waals surface area contributed by atoms with Crippen LogP contribution in [0.1, 0.15) is 47.6 Å². The Hall–Kier alpha value is -3.40. The molecule has 0 bridgehead atoms. The molecule has 0 saturated carbocycles. The molecule has 4 heteroatoms. The van der Waals surface area contributed by atoms with E-state index in [0.717, 1.165) is 30.3 Å². The maximum Gasteiger partial charge on any atom is 0.220 e. The second-order valence-corrected chi connectivity index (χ2v) is 8.64. The van der Waals surface area contributed by atoms with Crippen molar-refractivity contribution in [1.29, 1.82) is 0 Å². The second-order valence-electron chi connectivity index (χ2n) is 8.64. The topological polar surface area (TPSA) is 34.0 Å². The molecule has 0 saturated heterocycles. The van der Waals surface area contributed by atoms with Crippen molar-refractivity contribution in [2.24, 2.45) is 0 Å². The van der Waals surface area contributed by atoms with E-state index in [4.69, 9.17) is 0 Å². The molecule has 1 N–H and O–H groups in total. The van der Waals surface area contributed by atoms with E-state index in [-0.39, 0.29) is 17.8 Å². The van der Waals surface area contributed by atoms with Crippen molar-refractivity contribution in [3.8, 4) is 0 Å². The molecule has 1 amide bonds. The summed E-state index contributed by atoms with van der Waals surface area (Å²) in [5.41, 5.74) is 5.97.